The van der Waals surface area contributed by atoms with Crippen LogP contribution in [0.1, 0.15) is 99.8 Å². The van der Waals surface area contributed by atoms with Crippen molar-refractivity contribution in [1.82, 2.24) is 0 Å². The van der Waals surface area contributed by atoms with Crippen molar-refractivity contribution in [3.8, 4) is 0 Å². The van der Waals surface area contributed by atoms with Crippen LogP contribution in [0, 0.1) is 56.7 Å². The highest BCUT2D eigenvalue weighted by molar-refractivity contribution is 5.76. The number of aliphatic carboxylic acids is 1. The number of fused-ring (bicyclic) bond motifs is 7. The normalized spacial score (nSPS) is 56.3. The SMILES string of the molecule is CC1CCC2(C(=O)O)CCC3(C)C(=CCC4C5(C)C(O)CC(O)C(C)(C)C5CCC43C)C2C1C. The first kappa shape index (κ1) is 24.8. The maximum Gasteiger partial charge on any atom is 0.310 e. The number of carbonyl (C=O) groups is 1. The summed E-state index contributed by atoms with van der Waals surface area (Å²) in [5.74, 6) is 1.07. The molecule has 0 saturated heterocycles. The van der Waals surface area contributed by atoms with E-state index in [2.05, 4.69) is 54.5 Å². The van der Waals surface area contributed by atoms with Crippen molar-refractivity contribution in [2.75, 3.05) is 0 Å². The molecule has 0 radical (unpaired) electrons. The molecule has 0 aromatic rings. The lowest BCUT2D eigenvalue weighted by molar-refractivity contribution is -0.244. The molecule has 0 amide bonds. The number of carboxylic acids is 1. The van der Waals surface area contributed by atoms with Crippen LogP contribution in [0.25, 0.3) is 0 Å². The Kier molecular flexibility index (Phi) is 5.36. The van der Waals surface area contributed by atoms with Gasteiger partial charge in [0, 0.05) is 11.8 Å². The van der Waals surface area contributed by atoms with Gasteiger partial charge in [-0.1, -0.05) is 60.1 Å². The van der Waals surface area contributed by atoms with Crippen molar-refractivity contribution in [3.05, 3.63) is 11.6 Å². The molecular formula is C30H48O4. The van der Waals surface area contributed by atoms with Gasteiger partial charge < -0.3 is 15.3 Å². The van der Waals surface area contributed by atoms with E-state index in [4.69, 9.17) is 0 Å². The molecule has 11 unspecified atom stereocenters. The van der Waals surface area contributed by atoms with Gasteiger partial charge in [-0.05, 0) is 90.8 Å². The van der Waals surface area contributed by atoms with Gasteiger partial charge >= 0.3 is 5.97 Å². The van der Waals surface area contributed by atoms with E-state index in [0.717, 1.165) is 44.9 Å². The summed E-state index contributed by atoms with van der Waals surface area (Å²) in [6.45, 7) is 16.3. The zero-order valence-corrected chi connectivity index (χ0v) is 22.5. The monoisotopic (exact) mass is 472 g/mol. The fourth-order valence-electron chi connectivity index (χ4n) is 10.8. The summed E-state index contributed by atoms with van der Waals surface area (Å²) in [6.07, 6.45) is 8.49. The quantitative estimate of drug-likeness (QED) is 0.405. The molecule has 5 aliphatic rings. The molecule has 0 bridgehead atoms. The van der Waals surface area contributed by atoms with Crippen LogP contribution >= 0.6 is 0 Å². The van der Waals surface area contributed by atoms with Crippen molar-refractivity contribution >= 4 is 5.97 Å². The molecule has 192 valence electrons. The van der Waals surface area contributed by atoms with E-state index >= 15 is 0 Å². The zero-order chi connectivity index (χ0) is 25.1. The average molecular weight is 473 g/mol. The fraction of sp³-hybridized carbons (Fsp3) is 0.900. The van der Waals surface area contributed by atoms with Crippen LogP contribution in [0.4, 0.5) is 0 Å². The van der Waals surface area contributed by atoms with Gasteiger partial charge in [0.2, 0.25) is 0 Å². The number of allylic oxidation sites excluding steroid dienone is 2. The van der Waals surface area contributed by atoms with E-state index in [1.54, 1.807) is 0 Å². The molecule has 11 atom stereocenters. The number of aliphatic hydroxyl groups excluding tert-OH is 2. The highest BCUT2D eigenvalue weighted by Crippen LogP contribution is 2.75. The molecule has 5 rings (SSSR count). The van der Waals surface area contributed by atoms with Gasteiger partial charge in [0.25, 0.3) is 0 Å². The highest BCUT2D eigenvalue weighted by atomic mass is 16.4. The lowest BCUT2D eigenvalue weighted by Gasteiger charge is -2.72. The Morgan fingerprint density at radius 2 is 1.59 bits per heavy atom. The smallest absolute Gasteiger partial charge is 0.310 e. The fourth-order valence-corrected chi connectivity index (χ4v) is 10.8. The second-order valence-corrected chi connectivity index (χ2v) is 14.6. The summed E-state index contributed by atoms with van der Waals surface area (Å²) in [5.41, 5.74) is 0.348. The number of rotatable bonds is 1. The first-order chi connectivity index (χ1) is 15.7. The standard InChI is InChI=1S/C30H48O4/c1-17-10-13-30(25(33)34)15-14-27(5)19(24(30)18(17)2)8-9-21-28(27,6)12-11-20-26(3,4)22(31)16-23(32)29(20,21)7/h8,17-18,20-24,31-32H,9-16H2,1-7H3,(H,33,34). The van der Waals surface area contributed by atoms with Crippen LogP contribution in [-0.4, -0.2) is 33.5 Å². The van der Waals surface area contributed by atoms with Crippen LogP contribution < -0.4 is 0 Å². The van der Waals surface area contributed by atoms with E-state index in [1.807, 2.05) is 0 Å². The van der Waals surface area contributed by atoms with E-state index < -0.39 is 23.6 Å². The Hall–Kier alpha value is -0.870. The summed E-state index contributed by atoms with van der Waals surface area (Å²) in [6, 6.07) is 0. The second-order valence-electron chi connectivity index (χ2n) is 14.6. The van der Waals surface area contributed by atoms with Gasteiger partial charge in [-0.25, -0.2) is 0 Å². The molecule has 0 aromatic carbocycles. The third-order valence-electron chi connectivity index (χ3n) is 13.5. The lowest BCUT2D eigenvalue weighted by atomic mass is 9.33. The molecule has 0 spiro atoms. The minimum absolute atomic E-state index is 0.0206. The molecule has 3 N–H and O–H groups in total. The van der Waals surface area contributed by atoms with Crippen molar-refractivity contribution in [3.63, 3.8) is 0 Å². The summed E-state index contributed by atoms with van der Waals surface area (Å²) in [4.78, 5) is 12.8. The maximum atomic E-state index is 12.8. The van der Waals surface area contributed by atoms with Gasteiger partial charge in [0.05, 0.1) is 17.6 Å². The Balaban J connectivity index is 1.63. The van der Waals surface area contributed by atoms with Gasteiger partial charge in [-0.3, -0.25) is 4.79 Å². The predicted octanol–water partition coefficient (Wildman–Crippen LogP) is 6.06. The number of hydrogen-bond acceptors (Lipinski definition) is 3. The van der Waals surface area contributed by atoms with Crippen LogP contribution in [-0.2, 0) is 4.79 Å². The third-order valence-corrected chi connectivity index (χ3v) is 13.5. The van der Waals surface area contributed by atoms with E-state index in [-0.39, 0.29) is 33.5 Å². The largest absolute Gasteiger partial charge is 0.481 e. The molecule has 0 aromatic heterocycles. The predicted molar refractivity (Wildman–Crippen MR) is 134 cm³/mol. The molecule has 34 heavy (non-hydrogen) atoms. The molecule has 4 nitrogen and oxygen atoms in total. The van der Waals surface area contributed by atoms with Gasteiger partial charge in [0.1, 0.15) is 0 Å². The summed E-state index contributed by atoms with van der Waals surface area (Å²) in [5, 5.41) is 32.9. The molecule has 0 aliphatic heterocycles. The van der Waals surface area contributed by atoms with Crippen molar-refractivity contribution in [2.24, 2.45) is 56.7 Å². The summed E-state index contributed by atoms with van der Waals surface area (Å²) >= 11 is 0. The molecule has 4 saturated carbocycles. The zero-order valence-electron chi connectivity index (χ0n) is 22.5. The Morgan fingerprint density at radius 3 is 2.24 bits per heavy atom. The minimum atomic E-state index is -0.613. The van der Waals surface area contributed by atoms with Crippen LogP contribution in [0.2, 0.25) is 0 Å². The van der Waals surface area contributed by atoms with Crippen molar-refractivity contribution < 1.29 is 20.1 Å². The summed E-state index contributed by atoms with van der Waals surface area (Å²) in [7, 11) is 0. The first-order valence-electron chi connectivity index (χ1n) is 14.0. The molecule has 4 heteroatoms. The number of aliphatic hydroxyl groups is 2. The Morgan fingerprint density at radius 1 is 0.912 bits per heavy atom. The Labute approximate surface area is 206 Å². The summed E-state index contributed by atoms with van der Waals surface area (Å²) < 4.78 is 0. The topological polar surface area (TPSA) is 77.8 Å². The van der Waals surface area contributed by atoms with Crippen LogP contribution in [0.5, 0.6) is 0 Å². The average Bonchev–Trinajstić information content (AvgIpc) is 2.75. The van der Waals surface area contributed by atoms with Crippen LogP contribution in [0.3, 0.4) is 0 Å². The number of carboxylic acid groups (broad SMARTS) is 1. The minimum Gasteiger partial charge on any atom is -0.481 e. The second kappa shape index (κ2) is 7.34. The van der Waals surface area contributed by atoms with Gasteiger partial charge in [-0.2, -0.15) is 0 Å². The van der Waals surface area contributed by atoms with Crippen molar-refractivity contribution in [1.29, 1.82) is 0 Å². The molecule has 4 fully saturated rings. The van der Waals surface area contributed by atoms with E-state index in [0.29, 0.717) is 24.2 Å². The number of hydrogen-bond donors (Lipinski definition) is 3. The highest BCUT2D eigenvalue weighted by Gasteiger charge is 2.71. The molecule has 0 heterocycles. The van der Waals surface area contributed by atoms with Gasteiger partial charge in [0.15, 0.2) is 0 Å². The maximum absolute atomic E-state index is 12.8. The first-order valence-corrected chi connectivity index (χ1v) is 14.0. The third kappa shape index (κ3) is 2.71. The Bertz CT molecular complexity index is 907. The lowest BCUT2D eigenvalue weighted by Crippen LogP contribution is -2.68. The molecular weight excluding hydrogens is 424 g/mol. The van der Waals surface area contributed by atoms with E-state index in [9.17, 15) is 20.1 Å². The molecule has 5 aliphatic carbocycles. The van der Waals surface area contributed by atoms with E-state index in [1.165, 1.54) is 5.57 Å². The van der Waals surface area contributed by atoms with Crippen molar-refractivity contribution in [2.45, 2.75) is 112 Å². The van der Waals surface area contributed by atoms with Gasteiger partial charge in [-0.15, -0.1) is 0 Å². The van der Waals surface area contributed by atoms with Crippen LogP contribution in [0.15, 0.2) is 11.6 Å².